The zero-order chi connectivity index (χ0) is 18.1. The number of rotatable bonds is 8. The zero-order valence-electron chi connectivity index (χ0n) is 14.7. The van der Waals surface area contributed by atoms with Crippen molar-refractivity contribution in [2.75, 3.05) is 5.75 Å². The molecule has 0 unspecified atom stereocenters. The predicted octanol–water partition coefficient (Wildman–Crippen LogP) is 5.06. The molecular formula is C21H24FNOS. The van der Waals surface area contributed by atoms with Crippen LogP contribution in [0.3, 0.4) is 0 Å². The Bertz CT molecular complexity index is 696. The highest BCUT2D eigenvalue weighted by Gasteiger charge is 2.20. The number of thioether (sulfide) groups is 1. The second-order valence-corrected chi connectivity index (χ2v) is 7.58. The average Bonchev–Trinajstić information content (AvgIpc) is 2.57. The van der Waals surface area contributed by atoms with Gasteiger partial charge in [-0.05, 0) is 55.0 Å². The topological polar surface area (TPSA) is 29.1 Å². The van der Waals surface area contributed by atoms with E-state index in [1.165, 1.54) is 12.1 Å². The van der Waals surface area contributed by atoms with E-state index in [-0.39, 0.29) is 17.3 Å². The summed E-state index contributed by atoms with van der Waals surface area (Å²) in [4.78, 5) is 12.1. The summed E-state index contributed by atoms with van der Waals surface area (Å²) in [7, 11) is 0. The summed E-state index contributed by atoms with van der Waals surface area (Å²) >= 11 is 1.62. The SMILES string of the molecule is CC(C)(Cc1ccc(F)cc1)NC(=O)CCSC=Cc1ccccc1. The van der Waals surface area contributed by atoms with Gasteiger partial charge < -0.3 is 5.32 Å². The van der Waals surface area contributed by atoms with Crippen molar-refractivity contribution < 1.29 is 9.18 Å². The first-order valence-corrected chi connectivity index (χ1v) is 9.38. The third kappa shape index (κ3) is 7.57. The molecule has 0 aromatic heterocycles. The summed E-state index contributed by atoms with van der Waals surface area (Å²) in [6.45, 7) is 3.97. The Kier molecular flexibility index (Phi) is 7.26. The van der Waals surface area contributed by atoms with E-state index < -0.39 is 0 Å². The molecule has 0 spiro atoms. The smallest absolute Gasteiger partial charge is 0.221 e. The van der Waals surface area contributed by atoms with E-state index in [2.05, 4.69) is 5.32 Å². The second-order valence-electron chi connectivity index (χ2n) is 6.57. The Morgan fingerprint density at radius 1 is 1.12 bits per heavy atom. The van der Waals surface area contributed by atoms with Crippen LogP contribution in [-0.4, -0.2) is 17.2 Å². The lowest BCUT2D eigenvalue weighted by molar-refractivity contribution is -0.122. The molecule has 2 aromatic carbocycles. The quantitative estimate of drug-likeness (QED) is 0.669. The van der Waals surface area contributed by atoms with Crippen LogP contribution in [0.2, 0.25) is 0 Å². The van der Waals surface area contributed by atoms with Gasteiger partial charge in [0.25, 0.3) is 0 Å². The van der Waals surface area contributed by atoms with Crippen LogP contribution in [0.4, 0.5) is 4.39 Å². The third-order valence-corrected chi connectivity index (χ3v) is 4.41. The van der Waals surface area contributed by atoms with Crippen molar-refractivity contribution in [1.82, 2.24) is 5.32 Å². The highest BCUT2D eigenvalue weighted by molar-refractivity contribution is 8.02. The van der Waals surface area contributed by atoms with Crippen LogP contribution in [-0.2, 0) is 11.2 Å². The fourth-order valence-corrected chi connectivity index (χ4v) is 3.20. The molecule has 0 aliphatic heterocycles. The molecule has 25 heavy (non-hydrogen) atoms. The lowest BCUT2D eigenvalue weighted by atomic mass is 9.95. The monoisotopic (exact) mass is 357 g/mol. The van der Waals surface area contributed by atoms with E-state index in [0.29, 0.717) is 12.8 Å². The van der Waals surface area contributed by atoms with Gasteiger partial charge in [0.2, 0.25) is 5.91 Å². The molecule has 0 aliphatic carbocycles. The lowest BCUT2D eigenvalue weighted by Gasteiger charge is -2.26. The minimum Gasteiger partial charge on any atom is -0.351 e. The minimum absolute atomic E-state index is 0.0349. The van der Waals surface area contributed by atoms with Gasteiger partial charge in [-0.3, -0.25) is 4.79 Å². The van der Waals surface area contributed by atoms with E-state index in [1.54, 1.807) is 23.9 Å². The first kappa shape index (κ1) is 19.3. The predicted molar refractivity (Wildman–Crippen MR) is 105 cm³/mol. The summed E-state index contributed by atoms with van der Waals surface area (Å²) in [6, 6.07) is 16.5. The highest BCUT2D eigenvalue weighted by Crippen LogP contribution is 2.14. The van der Waals surface area contributed by atoms with Crippen molar-refractivity contribution in [1.29, 1.82) is 0 Å². The van der Waals surface area contributed by atoms with Crippen molar-refractivity contribution in [2.45, 2.75) is 32.2 Å². The second kappa shape index (κ2) is 9.42. The molecule has 132 valence electrons. The van der Waals surface area contributed by atoms with Crippen molar-refractivity contribution >= 4 is 23.7 Å². The maximum atomic E-state index is 13.0. The molecular weight excluding hydrogens is 333 g/mol. The normalized spacial score (nSPS) is 11.6. The zero-order valence-corrected chi connectivity index (χ0v) is 15.5. The maximum Gasteiger partial charge on any atom is 0.221 e. The summed E-state index contributed by atoms with van der Waals surface area (Å²) in [5.74, 6) is 0.529. The number of amides is 1. The summed E-state index contributed by atoms with van der Waals surface area (Å²) in [5.41, 5.74) is 1.80. The van der Waals surface area contributed by atoms with Gasteiger partial charge in [0.05, 0.1) is 0 Å². The first-order valence-electron chi connectivity index (χ1n) is 8.33. The van der Waals surface area contributed by atoms with Crippen LogP contribution in [0.15, 0.2) is 60.0 Å². The van der Waals surface area contributed by atoms with E-state index in [4.69, 9.17) is 0 Å². The number of halogens is 1. The van der Waals surface area contributed by atoms with Crippen molar-refractivity contribution in [2.24, 2.45) is 0 Å². The average molecular weight is 357 g/mol. The van der Waals surface area contributed by atoms with Gasteiger partial charge in [0, 0.05) is 17.7 Å². The van der Waals surface area contributed by atoms with Crippen LogP contribution >= 0.6 is 11.8 Å². The van der Waals surface area contributed by atoms with Crippen molar-refractivity contribution in [3.8, 4) is 0 Å². The molecule has 1 amide bonds. The van der Waals surface area contributed by atoms with Gasteiger partial charge in [-0.15, -0.1) is 11.8 Å². The Balaban J connectivity index is 1.71. The standard InChI is InChI=1S/C21H24FNOS/c1-21(2,16-18-8-10-19(22)11-9-18)23-20(24)13-15-25-14-12-17-6-4-3-5-7-17/h3-12,14H,13,15-16H2,1-2H3,(H,23,24). The van der Waals surface area contributed by atoms with E-state index in [9.17, 15) is 9.18 Å². The largest absolute Gasteiger partial charge is 0.351 e. The van der Waals surface area contributed by atoms with Crippen LogP contribution in [0.1, 0.15) is 31.4 Å². The molecule has 4 heteroatoms. The summed E-state index contributed by atoms with van der Waals surface area (Å²) < 4.78 is 13.0. The van der Waals surface area contributed by atoms with Crippen LogP contribution in [0.25, 0.3) is 6.08 Å². The molecule has 0 radical (unpaired) electrons. The number of nitrogens with one attached hydrogen (secondary N) is 1. The molecule has 2 nitrogen and oxygen atoms in total. The van der Waals surface area contributed by atoms with Crippen molar-refractivity contribution in [3.63, 3.8) is 0 Å². The number of carbonyl (C=O) groups excluding carboxylic acids is 1. The molecule has 1 N–H and O–H groups in total. The Morgan fingerprint density at radius 2 is 1.80 bits per heavy atom. The maximum absolute atomic E-state index is 13.0. The van der Waals surface area contributed by atoms with E-state index >= 15 is 0 Å². The van der Waals surface area contributed by atoms with Crippen LogP contribution < -0.4 is 5.32 Å². The van der Waals surface area contributed by atoms with Crippen molar-refractivity contribution in [3.05, 3.63) is 76.9 Å². The van der Waals surface area contributed by atoms with Gasteiger partial charge in [0.1, 0.15) is 5.82 Å². The number of hydrogen-bond acceptors (Lipinski definition) is 2. The number of carbonyl (C=O) groups is 1. The van der Waals surface area contributed by atoms with E-state index in [0.717, 1.165) is 16.9 Å². The Labute approximate surface area is 153 Å². The van der Waals surface area contributed by atoms with E-state index in [1.807, 2.05) is 55.7 Å². The highest BCUT2D eigenvalue weighted by atomic mass is 32.2. The molecule has 0 saturated carbocycles. The fourth-order valence-electron chi connectivity index (χ4n) is 2.51. The third-order valence-electron chi connectivity index (χ3n) is 3.64. The molecule has 0 aliphatic rings. The number of hydrogen-bond donors (Lipinski definition) is 1. The molecule has 0 atom stereocenters. The van der Waals surface area contributed by atoms with Gasteiger partial charge in [-0.1, -0.05) is 42.5 Å². The first-order chi connectivity index (χ1) is 11.9. The molecule has 0 bridgehead atoms. The van der Waals surface area contributed by atoms with Gasteiger partial charge in [0.15, 0.2) is 0 Å². The molecule has 2 aromatic rings. The molecule has 0 fully saturated rings. The van der Waals surface area contributed by atoms with Gasteiger partial charge >= 0.3 is 0 Å². The van der Waals surface area contributed by atoms with Gasteiger partial charge in [-0.25, -0.2) is 4.39 Å². The number of benzene rings is 2. The van der Waals surface area contributed by atoms with Crippen LogP contribution in [0, 0.1) is 5.82 Å². The molecule has 0 saturated heterocycles. The fraction of sp³-hybridized carbons (Fsp3) is 0.286. The minimum atomic E-state index is -0.362. The molecule has 2 rings (SSSR count). The van der Waals surface area contributed by atoms with Gasteiger partial charge in [-0.2, -0.15) is 0 Å². The molecule has 0 heterocycles. The Morgan fingerprint density at radius 3 is 2.48 bits per heavy atom. The van der Waals surface area contributed by atoms with Crippen LogP contribution in [0.5, 0.6) is 0 Å². The summed E-state index contributed by atoms with van der Waals surface area (Å²) in [5, 5.41) is 5.08. The summed E-state index contributed by atoms with van der Waals surface area (Å²) in [6.07, 6.45) is 3.18. The Hall–Kier alpha value is -2.07. The lowest BCUT2D eigenvalue weighted by Crippen LogP contribution is -2.45.